The second-order valence-electron chi connectivity index (χ2n) is 8.01. The van der Waals surface area contributed by atoms with Gasteiger partial charge < -0.3 is 25.8 Å². The van der Waals surface area contributed by atoms with Gasteiger partial charge >= 0.3 is 6.09 Å². The lowest BCUT2D eigenvalue weighted by Crippen LogP contribution is -2.34. The van der Waals surface area contributed by atoms with Crippen LogP contribution in [0, 0.1) is 5.82 Å². The molecule has 166 valence electrons. The number of benzene rings is 1. The van der Waals surface area contributed by atoms with Gasteiger partial charge in [0.1, 0.15) is 29.6 Å². The van der Waals surface area contributed by atoms with E-state index < -0.39 is 11.7 Å². The number of alkyl carbamates (subject to hydrolysis) is 1. The first kappa shape index (κ1) is 22.1. The Morgan fingerprint density at radius 3 is 2.84 bits per heavy atom. The van der Waals surface area contributed by atoms with Crippen molar-refractivity contribution < 1.29 is 18.7 Å². The molecule has 0 spiro atoms. The number of carbonyl (C=O) groups excluding carboxylic acids is 1. The minimum atomic E-state index is -0.575. The molecule has 1 aromatic carbocycles. The molecule has 0 fully saturated rings. The molecule has 0 aliphatic heterocycles. The number of hydrogen-bond acceptors (Lipinski definition) is 7. The highest BCUT2D eigenvalue weighted by atomic mass is 19.1. The summed E-state index contributed by atoms with van der Waals surface area (Å²) in [5.74, 6) is 0.678. The van der Waals surface area contributed by atoms with Crippen molar-refractivity contribution in [3.63, 3.8) is 0 Å². The van der Waals surface area contributed by atoms with Crippen molar-refractivity contribution in [1.29, 1.82) is 0 Å². The van der Waals surface area contributed by atoms with E-state index in [0.29, 0.717) is 28.5 Å². The molecule has 2 heterocycles. The Balaban J connectivity index is 1.64. The summed E-state index contributed by atoms with van der Waals surface area (Å²) >= 11 is 0. The number of nitrogens with two attached hydrogens (primary N) is 1. The fraction of sp³-hybridized carbons (Fsp3) is 0.381. The number of aromatic nitrogens is 3. The third kappa shape index (κ3) is 5.97. The second-order valence-corrected chi connectivity index (χ2v) is 8.01. The average Bonchev–Trinajstić information content (AvgIpc) is 3.05. The number of nitrogens with zero attached hydrogens (tertiary/aromatic N) is 3. The smallest absolute Gasteiger partial charge is 0.407 e. The minimum absolute atomic E-state index is 0.196. The topological polar surface area (TPSA) is 116 Å². The number of ether oxygens (including phenoxy) is 2. The van der Waals surface area contributed by atoms with Crippen LogP contribution in [0.4, 0.5) is 20.7 Å². The number of rotatable bonds is 7. The molecule has 0 aliphatic rings. The molecular formula is C21H27FN6O3. The molecule has 0 saturated carbocycles. The Kier molecular flexibility index (Phi) is 6.47. The molecule has 9 nitrogen and oxygen atoms in total. The molecule has 0 bridgehead atoms. The number of fused-ring (bicyclic) bond motifs is 1. The maximum absolute atomic E-state index is 13.9. The van der Waals surface area contributed by atoms with Gasteiger partial charge in [0, 0.05) is 11.8 Å². The van der Waals surface area contributed by atoms with Gasteiger partial charge in [-0.2, -0.15) is 5.10 Å². The van der Waals surface area contributed by atoms with Crippen LogP contribution in [-0.2, 0) is 4.74 Å². The van der Waals surface area contributed by atoms with Crippen molar-refractivity contribution in [3.8, 4) is 5.75 Å². The summed E-state index contributed by atoms with van der Waals surface area (Å²) in [6, 6.07) is 5.72. The van der Waals surface area contributed by atoms with Gasteiger partial charge in [-0.3, -0.25) is 0 Å². The highest BCUT2D eigenvalue weighted by molar-refractivity contribution is 5.67. The molecule has 1 atom stereocenters. The second kappa shape index (κ2) is 9.07. The van der Waals surface area contributed by atoms with E-state index in [9.17, 15) is 9.18 Å². The van der Waals surface area contributed by atoms with E-state index in [4.69, 9.17) is 15.2 Å². The number of carbonyl (C=O) groups is 1. The molecular weight excluding hydrogens is 403 g/mol. The number of anilines is 2. The van der Waals surface area contributed by atoms with E-state index in [1.54, 1.807) is 43.6 Å². The molecule has 3 rings (SSSR count). The normalized spacial score (nSPS) is 12.4. The van der Waals surface area contributed by atoms with Gasteiger partial charge in [0.2, 0.25) is 0 Å². The lowest BCUT2D eigenvalue weighted by molar-refractivity contribution is 0.0520. The van der Waals surface area contributed by atoms with Crippen molar-refractivity contribution in [2.45, 2.75) is 39.3 Å². The zero-order valence-corrected chi connectivity index (χ0v) is 18.0. The van der Waals surface area contributed by atoms with Crippen molar-refractivity contribution in [2.75, 3.05) is 24.2 Å². The van der Waals surface area contributed by atoms with E-state index in [1.807, 2.05) is 6.92 Å². The summed E-state index contributed by atoms with van der Waals surface area (Å²) in [5.41, 5.74) is 6.90. The quantitative estimate of drug-likeness (QED) is 0.491. The fourth-order valence-corrected chi connectivity index (χ4v) is 2.88. The summed E-state index contributed by atoms with van der Waals surface area (Å²) in [6.45, 7) is 7.67. The number of amides is 1. The van der Waals surface area contributed by atoms with Crippen LogP contribution in [0.1, 0.15) is 39.3 Å². The Hall–Kier alpha value is -3.56. The van der Waals surface area contributed by atoms with Crippen molar-refractivity contribution in [2.24, 2.45) is 0 Å². The van der Waals surface area contributed by atoms with Gasteiger partial charge in [0.15, 0.2) is 5.65 Å². The van der Waals surface area contributed by atoms with Crippen LogP contribution < -0.4 is 21.1 Å². The molecule has 3 aromatic rings. The molecule has 0 aliphatic carbocycles. The molecule has 10 heteroatoms. The number of nitrogens with one attached hydrogen (secondary N) is 2. The summed E-state index contributed by atoms with van der Waals surface area (Å²) in [6.07, 6.45) is 2.74. The SMILES string of the molecule is CC(Nc1ccn2ncc(N)c2n1)c1cc(F)ccc1OCCNC(=O)OC(C)(C)C. The van der Waals surface area contributed by atoms with E-state index >= 15 is 0 Å². The van der Waals surface area contributed by atoms with Crippen LogP contribution in [0.5, 0.6) is 5.75 Å². The Labute approximate surface area is 179 Å². The van der Waals surface area contributed by atoms with E-state index in [0.717, 1.165) is 0 Å². The molecule has 31 heavy (non-hydrogen) atoms. The third-order valence-electron chi connectivity index (χ3n) is 4.23. The maximum atomic E-state index is 13.9. The van der Waals surface area contributed by atoms with Crippen molar-refractivity contribution in [1.82, 2.24) is 19.9 Å². The predicted molar refractivity (Wildman–Crippen MR) is 116 cm³/mol. The Morgan fingerprint density at radius 1 is 1.32 bits per heavy atom. The summed E-state index contributed by atoms with van der Waals surface area (Å²) in [7, 11) is 0. The molecule has 4 N–H and O–H groups in total. The summed E-state index contributed by atoms with van der Waals surface area (Å²) in [4.78, 5) is 16.2. The van der Waals surface area contributed by atoms with Crippen LogP contribution in [0.15, 0.2) is 36.7 Å². The first-order chi connectivity index (χ1) is 14.6. The van der Waals surface area contributed by atoms with Gasteiger partial charge in [-0.25, -0.2) is 18.7 Å². The number of nitrogen functional groups attached to an aromatic ring is 1. The molecule has 1 unspecified atom stereocenters. The standard InChI is InChI=1S/C21H27FN6O3/c1-13(26-18-7-9-28-19(27-18)16(23)12-25-28)15-11-14(22)5-6-17(15)30-10-8-24-20(29)31-21(2,3)4/h5-7,9,11-13H,8,10,23H2,1-4H3,(H,24,29)(H,26,27). The highest BCUT2D eigenvalue weighted by Gasteiger charge is 2.17. The lowest BCUT2D eigenvalue weighted by Gasteiger charge is -2.21. The highest BCUT2D eigenvalue weighted by Crippen LogP contribution is 2.28. The molecule has 0 saturated heterocycles. The first-order valence-electron chi connectivity index (χ1n) is 9.88. The van der Waals surface area contributed by atoms with Gasteiger partial charge in [0.25, 0.3) is 0 Å². The lowest BCUT2D eigenvalue weighted by atomic mass is 10.1. The molecule has 0 radical (unpaired) electrons. The number of halogens is 1. The van der Waals surface area contributed by atoms with Crippen molar-refractivity contribution in [3.05, 3.63) is 48.0 Å². The largest absolute Gasteiger partial charge is 0.491 e. The first-order valence-corrected chi connectivity index (χ1v) is 9.88. The summed E-state index contributed by atoms with van der Waals surface area (Å²) in [5, 5.41) is 9.94. The third-order valence-corrected chi connectivity index (χ3v) is 4.23. The predicted octanol–water partition coefficient (Wildman–Crippen LogP) is 3.53. The average molecular weight is 430 g/mol. The van der Waals surface area contributed by atoms with E-state index in [-0.39, 0.29) is 25.0 Å². The van der Waals surface area contributed by atoms with Crippen molar-refractivity contribution >= 4 is 23.2 Å². The van der Waals surface area contributed by atoms with Crippen LogP contribution >= 0.6 is 0 Å². The van der Waals surface area contributed by atoms with Crippen LogP contribution in [0.2, 0.25) is 0 Å². The molecule has 1 amide bonds. The van der Waals surface area contributed by atoms with Gasteiger partial charge in [-0.15, -0.1) is 0 Å². The Morgan fingerprint density at radius 2 is 2.10 bits per heavy atom. The van der Waals surface area contributed by atoms with E-state index in [1.165, 1.54) is 18.3 Å². The number of hydrogen-bond donors (Lipinski definition) is 3. The van der Waals surface area contributed by atoms with Gasteiger partial charge in [-0.1, -0.05) is 0 Å². The summed E-state index contributed by atoms with van der Waals surface area (Å²) < 4.78 is 26.4. The zero-order valence-electron chi connectivity index (χ0n) is 18.0. The maximum Gasteiger partial charge on any atom is 0.407 e. The van der Waals surface area contributed by atoms with Crippen LogP contribution in [0.3, 0.4) is 0 Å². The van der Waals surface area contributed by atoms with Crippen LogP contribution in [0.25, 0.3) is 5.65 Å². The van der Waals surface area contributed by atoms with E-state index in [2.05, 4.69) is 20.7 Å². The minimum Gasteiger partial charge on any atom is -0.491 e. The zero-order chi connectivity index (χ0) is 22.6. The molecule has 2 aromatic heterocycles. The van der Waals surface area contributed by atoms with Crippen LogP contribution in [-0.4, -0.2) is 39.4 Å². The fourth-order valence-electron chi connectivity index (χ4n) is 2.88. The Bertz CT molecular complexity index is 1060. The van der Waals surface area contributed by atoms with Gasteiger partial charge in [0.05, 0.1) is 24.5 Å². The monoisotopic (exact) mass is 430 g/mol. The van der Waals surface area contributed by atoms with Gasteiger partial charge in [-0.05, 0) is 52.0 Å².